The molecule has 0 saturated heterocycles. The molecule has 2 saturated carbocycles. The molecule has 10 nitrogen and oxygen atoms in total. The molecule has 5 unspecified atom stereocenters. The Morgan fingerprint density at radius 2 is 1.36 bits per heavy atom. The predicted molar refractivity (Wildman–Crippen MR) is 172 cm³/mol. The fraction of sp³-hybridized carbons (Fsp3) is 0.541. The maximum absolute atomic E-state index is 13.1. The molecule has 4 rings (SSSR count). The Bertz CT molecular complexity index is 1490. The van der Waals surface area contributed by atoms with Crippen LogP contribution in [0.25, 0.3) is 6.08 Å². The molecule has 0 N–H and O–H groups in total. The second-order valence-corrected chi connectivity index (χ2v) is 13.6. The van der Waals surface area contributed by atoms with E-state index in [0.29, 0.717) is 29.6 Å². The second kappa shape index (κ2) is 13.9. The summed E-state index contributed by atoms with van der Waals surface area (Å²) in [6, 6.07) is 9.30. The number of carbonyl (C=O) groups excluding carboxylic acids is 5. The van der Waals surface area contributed by atoms with E-state index < -0.39 is 77.1 Å². The van der Waals surface area contributed by atoms with Crippen LogP contribution in [0.4, 0.5) is 0 Å². The third-order valence-electron chi connectivity index (χ3n) is 10.2. The van der Waals surface area contributed by atoms with Crippen LogP contribution < -0.4 is 0 Å². The maximum atomic E-state index is 13.1. The number of fused-ring (bicyclic) bond motifs is 3. The van der Waals surface area contributed by atoms with Crippen LogP contribution in [0, 0.1) is 22.7 Å². The first-order valence-electron chi connectivity index (χ1n) is 16.0. The van der Waals surface area contributed by atoms with E-state index in [1.165, 1.54) is 33.8 Å². The first-order valence-corrected chi connectivity index (χ1v) is 16.0. The molecule has 0 amide bonds. The van der Waals surface area contributed by atoms with Gasteiger partial charge in [-0.3, -0.25) is 19.2 Å². The Labute approximate surface area is 276 Å². The monoisotopic (exact) mass is 650 g/mol. The molecule has 3 aliphatic carbocycles. The molecule has 2 fully saturated rings. The van der Waals surface area contributed by atoms with Crippen molar-refractivity contribution in [1.29, 1.82) is 0 Å². The van der Waals surface area contributed by atoms with Crippen LogP contribution in [0.5, 0.6) is 0 Å². The van der Waals surface area contributed by atoms with Gasteiger partial charge in [-0.25, -0.2) is 4.79 Å². The van der Waals surface area contributed by atoms with Crippen molar-refractivity contribution in [3.63, 3.8) is 0 Å². The first-order chi connectivity index (χ1) is 22.0. The summed E-state index contributed by atoms with van der Waals surface area (Å²) in [5, 5.41) is 0. The van der Waals surface area contributed by atoms with Crippen LogP contribution in [0.15, 0.2) is 59.7 Å². The fourth-order valence-electron chi connectivity index (χ4n) is 8.02. The van der Waals surface area contributed by atoms with Crippen LogP contribution >= 0.6 is 0 Å². The first kappa shape index (κ1) is 35.6. The highest BCUT2D eigenvalue weighted by molar-refractivity contribution is 5.87. The Balaban J connectivity index is 1.89. The molecular weight excluding hydrogens is 604 g/mol. The topological polar surface area (TPSA) is 132 Å². The van der Waals surface area contributed by atoms with Gasteiger partial charge in [0, 0.05) is 40.2 Å². The van der Waals surface area contributed by atoms with Gasteiger partial charge in [-0.1, -0.05) is 57.7 Å². The van der Waals surface area contributed by atoms with Gasteiger partial charge in [-0.05, 0) is 65.4 Å². The Hall–Kier alpha value is -4.21. The van der Waals surface area contributed by atoms with Gasteiger partial charge in [0.2, 0.25) is 0 Å². The minimum atomic E-state index is -1.17. The molecule has 10 heteroatoms. The molecule has 0 radical (unpaired) electrons. The quantitative estimate of drug-likeness (QED) is 0.157. The zero-order valence-electron chi connectivity index (χ0n) is 28.5. The third-order valence-corrected chi connectivity index (χ3v) is 10.2. The minimum Gasteiger partial charge on any atom is -0.462 e. The normalized spacial score (nSPS) is 31.5. The summed E-state index contributed by atoms with van der Waals surface area (Å²) in [4.78, 5) is 63.6. The van der Waals surface area contributed by atoms with Gasteiger partial charge in [-0.2, -0.15) is 0 Å². The van der Waals surface area contributed by atoms with E-state index in [4.69, 9.17) is 23.7 Å². The highest BCUT2D eigenvalue weighted by Gasteiger charge is 2.64. The van der Waals surface area contributed by atoms with E-state index >= 15 is 0 Å². The van der Waals surface area contributed by atoms with Crippen LogP contribution in [0.1, 0.15) is 80.2 Å². The molecule has 3 aliphatic rings. The van der Waals surface area contributed by atoms with E-state index in [0.717, 1.165) is 5.56 Å². The minimum absolute atomic E-state index is 0.0447. The number of esters is 5. The number of hydrogen-bond acceptors (Lipinski definition) is 10. The second-order valence-electron chi connectivity index (χ2n) is 13.6. The van der Waals surface area contributed by atoms with Gasteiger partial charge in [0.15, 0.2) is 12.2 Å². The van der Waals surface area contributed by atoms with E-state index in [1.54, 1.807) is 6.08 Å². The molecule has 8 atom stereocenters. The number of ether oxygens (including phenoxy) is 5. The summed E-state index contributed by atoms with van der Waals surface area (Å²) >= 11 is 0. The van der Waals surface area contributed by atoms with Crippen molar-refractivity contribution in [3.8, 4) is 0 Å². The van der Waals surface area contributed by atoms with Crippen LogP contribution in [-0.2, 0) is 47.7 Å². The van der Waals surface area contributed by atoms with E-state index in [9.17, 15) is 24.0 Å². The van der Waals surface area contributed by atoms with Crippen molar-refractivity contribution in [2.45, 2.75) is 105 Å². The smallest absolute Gasteiger partial charge is 0.331 e. The van der Waals surface area contributed by atoms with Gasteiger partial charge < -0.3 is 23.7 Å². The summed E-state index contributed by atoms with van der Waals surface area (Å²) in [6.07, 6.45) is -0.715. The van der Waals surface area contributed by atoms with Crippen molar-refractivity contribution >= 4 is 35.9 Å². The van der Waals surface area contributed by atoms with Gasteiger partial charge in [0.1, 0.15) is 18.3 Å². The summed E-state index contributed by atoms with van der Waals surface area (Å²) in [7, 11) is 0. The Morgan fingerprint density at radius 3 is 1.94 bits per heavy atom. The van der Waals surface area contributed by atoms with Crippen molar-refractivity contribution < 1.29 is 47.7 Å². The zero-order chi connectivity index (χ0) is 34.8. The van der Waals surface area contributed by atoms with Gasteiger partial charge in [0.05, 0.1) is 5.41 Å². The molecule has 47 heavy (non-hydrogen) atoms. The highest BCUT2D eigenvalue weighted by Crippen LogP contribution is 2.61. The molecule has 0 heterocycles. The molecule has 254 valence electrons. The standard InChI is InChI=1S/C37H46O10/c1-20-28-17-27-18-29(43-22(3)38)21(2)33(36(27,7)8)34(45-24(5)40)35(46-25(6)41)37(28,9)31(44-23(4)39)19-30(20)47-32(42)16-15-26-13-11-10-12-14-26/h10-16,27-31,34-35H,1,17-19H2,2-9H3/t27-,28-,29?,30?,31?,34?,35?,37-/m0/s1. The van der Waals surface area contributed by atoms with E-state index in [2.05, 4.69) is 6.58 Å². The lowest BCUT2D eigenvalue weighted by Gasteiger charge is -2.59. The van der Waals surface area contributed by atoms with Crippen molar-refractivity contribution in [2.24, 2.45) is 22.7 Å². The lowest BCUT2D eigenvalue weighted by molar-refractivity contribution is -0.212. The summed E-state index contributed by atoms with van der Waals surface area (Å²) in [6.45, 7) is 17.4. The van der Waals surface area contributed by atoms with E-state index in [-0.39, 0.29) is 12.3 Å². The lowest BCUT2D eigenvalue weighted by atomic mass is 9.49. The molecule has 1 aromatic carbocycles. The average Bonchev–Trinajstić information content (AvgIpc) is 2.96. The molecule has 2 bridgehead atoms. The largest absolute Gasteiger partial charge is 0.462 e. The van der Waals surface area contributed by atoms with Gasteiger partial charge in [-0.15, -0.1) is 0 Å². The molecule has 0 aromatic heterocycles. The maximum Gasteiger partial charge on any atom is 0.331 e. The van der Waals surface area contributed by atoms with Crippen LogP contribution in [0.3, 0.4) is 0 Å². The molecule has 1 aromatic rings. The molecule has 0 aliphatic heterocycles. The average molecular weight is 651 g/mol. The van der Waals surface area contributed by atoms with Gasteiger partial charge >= 0.3 is 29.8 Å². The number of hydrogen-bond donors (Lipinski definition) is 0. The number of carbonyl (C=O) groups is 5. The third kappa shape index (κ3) is 7.36. The zero-order valence-corrected chi connectivity index (χ0v) is 28.5. The predicted octanol–water partition coefficient (Wildman–Crippen LogP) is 5.69. The summed E-state index contributed by atoms with van der Waals surface area (Å²) in [5.41, 5.74) is 0.978. The SMILES string of the molecule is C=C1C(OC(=O)C=Cc2ccccc2)CC(OC(C)=O)[C@@]2(C)C(OC(C)=O)C(OC(C)=O)C3=C(C)C(OC(C)=O)C[C@H](C[C@@H]12)C3(C)C. The van der Waals surface area contributed by atoms with E-state index in [1.807, 2.05) is 58.0 Å². The number of benzene rings is 1. The Kier molecular flexibility index (Phi) is 10.5. The van der Waals surface area contributed by atoms with Crippen molar-refractivity contribution in [1.82, 2.24) is 0 Å². The van der Waals surface area contributed by atoms with Crippen LogP contribution in [0.2, 0.25) is 0 Å². The molecule has 0 spiro atoms. The van der Waals surface area contributed by atoms with Gasteiger partial charge in [0.25, 0.3) is 0 Å². The summed E-state index contributed by atoms with van der Waals surface area (Å²) < 4.78 is 29.9. The van der Waals surface area contributed by atoms with Crippen LogP contribution in [-0.4, -0.2) is 60.4 Å². The summed E-state index contributed by atoms with van der Waals surface area (Å²) in [5.74, 6) is -3.57. The highest BCUT2D eigenvalue weighted by atomic mass is 16.6. The molecular formula is C37H46O10. The fourth-order valence-corrected chi connectivity index (χ4v) is 8.02. The van der Waals surface area contributed by atoms with Crippen molar-refractivity contribution in [3.05, 3.63) is 65.3 Å². The lowest BCUT2D eigenvalue weighted by Crippen LogP contribution is -2.64. The van der Waals surface area contributed by atoms with Crippen molar-refractivity contribution in [2.75, 3.05) is 0 Å². The number of rotatable bonds is 7. The Morgan fingerprint density at radius 1 is 0.766 bits per heavy atom.